The predicted octanol–water partition coefficient (Wildman–Crippen LogP) is 1.59. The number of anilines is 1. The molecule has 2 rings (SSSR count). The summed E-state index contributed by atoms with van der Waals surface area (Å²) in [5.41, 5.74) is 2.04. The molecular weight excluding hydrogens is 326 g/mol. The fourth-order valence-corrected chi connectivity index (χ4v) is 3.78. The Labute approximate surface area is 144 Å². The van der Waals surface area contributed by atoms with Crippen molar-refractivity contribution in [2.45, 2.75) is 45.2 Å². The molecule has 134 valence electrons. The lowest BCUT2D eigenvalue weighted by molar-refractivity contribution is -0.121. The summed E-state index contributed by atoms with van der Waals surface area (Å²) in [5, 5.41) is 2.95. The van der Waals surface area contributed by atoms with Crippen molar-refractivity contribution >= 4 is 21.6 Å². The number of sulfonamides is 1. The quantitative estimate of drug-likeness (QED) is 0.814. The molecule has 0 bridgehead atoms. The summed E-state index contributed by atoms with van der Waals surface area (Å²) < 4.78 is 25.2. The van der Waals surface area contributed by atoms with Crippen LogP contribution < -0.4 is 10.0 Å². The highest BCUT2D eigenvalue weighted by Crippen LogP contribution is 2.16. The highest BCUT2D eigenvalue weighted by Gasteiger charge is 2.27. The average Bonchev–Trinajstić information content (AvgIpc) is 2.54. The second-order valence-corrected chi connectivity index (χ2v) is 8.20. The molecule has 6 nitrogen and oxygen atoms in total. The van der Waals surface area contributed by atoms with E-state index in [1.54, 1.807) is 0 Å². The lowest BCUT2D eigenvalue weighted by Gasteiger charge is -2.35. The number of hydrogen-bond donors (Lipinski definition) is 2. The van der Waals surface area contributed by atoms with Crippen molar-refractivity contribution in [2.24, 2.45) is 0 Å². The molecule has 1 aromatic rings. The minimum absolute atomic E-state index is 0.0335. The molecule has 0 saturated carbocycles. The fraction of sp³-hybridized carbons (Fsp3) is 0.588. The number of rotatable bonds is 6. The van der Waals surface area contributed by atoms with Gasteiger partial charge in [0.25, 0.3) is 0 Å². The van der Waals surface area contributed by atoms with E-state index in [0.29, 0.717) is 13.1 Å². The number of piperidine rings is 1. The molecule has 1 fully saturated rings. The number of aryl methyl sites for hydroxylation is 1. The van der Waals surface area contributed by atoms with Gasteiger partial charge in [-0.25, -0.2) is 13.1 Å². The maximum atomic E-state index is 12.4. The molecule has 7 heteroatoms. The van der Waals surface area contributed by atoms with Crippen molar-refractivity contribution in [1.29, 1.82) is 0 Å². The lowest BCUT2D eigenvalue weighted by Crippen LogP contribution is -2.50. The number of likely N-dealkylation sites (tertiary alicyclic amines) is 1. The van der Waals surface area contributed by atoms with Crippen LogP contribution in [0.1, 0.15) is 32.3 Å². The van der Waals surface area contributed by atoms with Gasteiger partial charge in [-0.1, -0.05) is 19.1 Å². The van der Waals surface area contributed by atoms with Crippen LogP contribution in [0.4, 0.5) is 5.69 Å². The molecule has 0 aromatic heterocycles. The topological polar surface area (TPSA) is 78.5 Å². The summed E-state index contributed by atoms with van der Waals surface area (Å²) in [5.74, 6) is -0.0335. The van der Waals surface area contributed by atoms with Crippen LogP contribution in [-0.2, 0) is 21.2 Å². The molecule has 0 aliphatic carbocycles. The Morgan fingerprint density at radius 3 is 2.33 bits per heavy atom. The van der Waals surface area contributed by atoms with Gasteiger partial charge in [0, 0.05) is 24.8 Å². The monoisotopic (exact) mass is 353 g/mol. The number of benzene rings is 1. The standard InChI is InChI=1S/C17H27N3O3S/c1-4-14-5-7-15(8-6-14)18-17(21)13(2)20-11-9-16(10-12-20)19-24(3,22)23/h5-8,13,16,19H,4,9-12H2,1-3H3,(H,18,21). The van der Waals surface area contributed by atoms with Crippen LogP contribution in [0.25, 0.3) is 0 Å². The summed E-state index contributed by atoms with van der Waals surface area (Å²) in [4.78, 5) is 14.5. The van der Waals surface area contributed by atoms with Crippen molar-refractivity contribution < 1.29 is 13.2 Å². The summed E-state index contributed by atoms with van der Waals surface area (Å²) in [6.45, 7) is 5.39. The molecule has 1 aliphatic heterocycles. The molecule has 1 atom stereocenters. The Morgan fingerprint density at radius 1 is 1.25 bits per heavy atom. The molecule has 1 aliphatic rings. The van der Waals surface area contributed by atoms with Gasteiger partial charge in [0.2, 0.25) is 15.9 Å². The number of carbonyl (C=O) groups is 1. The molecular formula is C17H27N3O3S. The summed E-state index contributed by atoms with van der Waals surface area (Å²) in [7, 11) is -3.17. The van der Waals surface area contributed by atoms with Gasteiger partial charge < -0.3 is 5.32 Å². The fourth-order valence-electron chi connectivity index (χ4n) is 2.94. The molecule has 1 saturated heterocycles. The maximum absolute atomic E-state index is 12.4. The molecule has 1 amide bonds. The maximum Gasteiger partial charge on any atom is 0.241 e. The Bertz CT molecular complexity index is 650. The predicted molar refractivity (Wildman–Crippen MR) is 96.5 cm³/mol. The molecule has 0 radical (unpaired) electrons. The SMILES string of the molecule is CCc1ccc(NC(=O)C(C)N2CCC(NS(C)(=O)=O)CC2)cc1. The van der Waals surface area contributed by atoms with Crippen molar-refractivity contribution in [3.63, 3.8) is 0 Å². The first-order chi connectivity index (χ1) is 11.3. The Balaban J connectivity index is 1.85. The zero-order chi connectivity index (χ0) is 17.7. The van der Waals surface area contributed by atoms with E-state index in [-0.39, 0.29) is 18.0 Å². The van der Waals surface area contributed by atoms with Gasteiger partial charge in [0.05, 0.1) is 12.3 Å². The largest absolute Gasteiger partial charge is 0.325 e. The van der Waals surface area contributed by atoms with Crippen LogP contribution in [0.2, 0.25) is 0 Å². The second kappa shape index (κ2) is 8.09. The van der Waals surface area contributed by atoms with E-state index in [4.69, 9.17) is 0 Å². The molecule has 0 spiro atoms. The zero-order valence-electron chi connectivity index (χ0n) is 14.6. The van der Waals surface area contributed by atoms with E-state index in [9.17, 15) is 13.2 Å². The smallest absolute Gasteiger partial charge is 0.241 e. The molecule has 1 heterocycles. The van der Waals surface area contributed by atoms with Crippen LogP contribution in [0.3, 0.4) is 0 Å². The highest BCUT2D eigenvalue weighted by molar-refractivity contribution is 7.88. The van der Waals surface area contributed by atoms with Gasteiger partial charge in [-0.3, -0.25) is 9.69 Å². The minimum atomic E-state index is -3.17. The summed E-state index contributed by atoms with van der Waals surface area (Å²) >= 11 is 0. The third-order valence-electron chi connectivity index (χ3n) is 4.47. The van der Waals surface area contributed by atoms with Gasteiger partial charge in [0.1, 0.15) is 0 Å². The van der Waals surface area contributed by atoms with Gasteiger partial charge in [-0.05, 0) is 43.9 Å². The Hall–Kier alpha value is -1.44. The van der Waals surface area contributed by atoms with E-state index in [1.807, 2.05) is 31.2 Å². The minimum Gasteiger partial charge on any atom is -0.325 e. The van der Waals surface area contributed by atoms with Crippen molar-refractivity contribution in [1.82, 2.24) is 9.62 Å². The summed E-state index contributed by atoms with van der Waals surface area (Å²) in [6, 6.07) is 7.60. The van der Waals surface area contributed by atoms with E-state index >= 15 is 0 Å². The summed E-state index contributed by atoms with van der Waals surface area (Å²) in [6.07, 6.45) is 3.59. The number of amides is 1. The molecule has 1 aromatic carbocycles. The van der Waals surface area contributed by atoms with Crippen molar-refractivity contribution in [3.05, 3.63) is 29.8 Å². The van der Waals surface area contributed by atoms with Crippen molar-refractivity contribution in [3.8, 4) is 0 Å². The van der Waals surface area contributed by atoms with E-state index < -0.39 is 10.0 Å². The zero-order valence-corrected chi connectivity index (χ0v) is 15.4. The first kappa shape index (κ1) is 18.9. The highest BCUT2D eigenvalue weighted by atomic mass is 32.2. The van der Waals surface area contributed by atoms with Gasteiger partial charge in [0.15, 0.2) is 0 Å². The number of carbonyl (C=O) groups excluding carboxylic acids is 1. The van der Waals surface area contributed by atoms with Crippen molar-refractivity contribution in [2.75, 3.05) is 24.7 Å². The van der Waals surface area contributed by atoms with Gasteiger partial charge in [-0.2, -0.15) is 0 Å². The number of nitrogens with one attached hydrogen (secondary N) is 2. The van der Waals surface area contributed by atoms with Gasteiger partial charge in [-0.15, -0.1) is 0 Å². The van der Waals surface area contributed by atoms with Crippen LogP contribution in [0, 0.1) is 0 Å². The van der Waals surface area contributed by atoms with E-state index in [1.165, 1.54) is 11.8 Å². The number of nitrogens with zero attached hydrogens (tertiary/aromatic N) is 1. The Kier molecular flexibility index (Phi) is 6.37. The van der Waals surface area contributed by atoms with Crippen LogP contribution in [-0.4, -0.2) is 50.7 Å². The first-order valence-corrected chi connectivity index (χ1v) is 10.3. The van der Waals surface area contributed by atoms with Gasteiger partial charge >= 0.3 is 0 Å². The van der Waals surface area contributed by atoms with Crippen LogP contribution >= 0.6 is 0 Å². The lowest BCUT2D eigenvalue weighted by atomic mass is 10.0. The first-order valence-electron chi connectivity index (χ1n) is 8.39. The van der Waals surface area contributed by atoms with E-state index in [2.05, 4.69) is 21.9 Å². The normalized spacial score (nSPS) is 18.3. The average molecular weight is 353 g/mol. The third-order valence-corrected chi connectivity index (χ3v) is 5.23. The second-order valence-electron chi connectivity index (χ2n) is 6.42. The molecule has 24 heavy (non-hydrogen) atoms. The molecule has 2 N–H and O–H groups in total. The number of hydrogen-bond acceptors (Lipinski definition) is 4. The van der Waals surface area contributed by atoms with E-state index in [0.717, 1.165) is 24.9 Å². The third kappa shape index (κ3) is 5.58. The van der Waals surface area contributed by atoms with Crippen LogP contribution in [0.5, 0.6) is 0 Å². The Morgan fingerprint density at radius 2 is 1.83 bits per heavy atom. The molecule has 1 unspecified atom stereocenters. The van der Waals surface area contributed by atoms with Crippen LogP contribution in [0.15, 0.2) is 24.3 Å².